The zero-order valence-corrected chi connectivity index (χ0v) is 55.3. The van der Waals surface area contributed by atoms with Crippen LogP contribution in [0.1, 0.15) is 400 Å². The summed E-state index contributed by atoms with van der Waals surface area (Å²) in [6, 6.07) is 0. The van der Waals surface area contributed by atoms with Crippen molar-refractivity contribution in [2.24, 2.45) is 0 Å². The predicted octanol–water partition coefficient (Wildman–Crippen LogP) is 25.3. The fourth-order valence-electron chi connectivity index (χ4n) is 11.0. The van der Waals surface area contributed by atoms with Crippen molar-refractivity contribution in [3.05, 3.63) is 48.6 Å². The summed E-state index contributed by atoms with van der Waals surface area (Å²) in [5, 5.41) is 0. The molecule has 1 atom stereocenters. The number of carbonyl (C=O) groups excluding carboxylic acids is 3. The number of hydrogen-bond acceptors (Lipinski definition) is 6. The second-order valence-corrected chi connectivity index (χ2v) is 24.9. The monoisotopic (exact) mass is 1150 g/mol. The van der Waals surface area contributed by atoms with E-state index in [1.807, 2.05) is 0 Å². The van der Waals surface area contributed by atoms with E-state index in [0.29, 0.717) is 19.3 Å². The van der Waals surface area contributed by atoms with Crippen LogP contribution in [-0.4, -0.2) is 37.2 Å². The lowest BCUT2D eigenvalue weighted by molar-refractivity contribution is -0.167. The Kier molecular flexibility index (Phi) is 68.6. The molecule has 1 unspecified atom stereocenters. The molecule has 0 fully saturated rings. The minimum atomic E-state index is -0.774. The van der Waals surface area contributed by atoms with Crippen molar-refractivity contribution in [1.29, 1.82) is 0 Å². The molecule has 0 spiro atoms. The lowest BCUT2D eigenvalue weighted by atomic mass is 10.0. The Labute approximate surface area is 511 Å². The Hall–Kier alpha value is -2.63. The molecule has 0 bridgehead atoms. The summed E-state index contributed by atoms with van der Waals surface area (Å²) < 4.78 is 17.0. The van der Waals surface area contributed by atoms with Gasteiger partial charge in [-0.1, -0.05) is 345 Å². The molecule has 0 aliphatic rings. The molecule has 0 saturated heterocycles. The van der Waals surface area contributed by atoms with E-state index >= 15 is 0 Å². The molecule has 0 saturated carbocycles. The maximum absolute atomic E-state index is 13.0. The fourth-order valence-corrected chi connectivity index (χ4v) is 11.0. The van der Waals surface area contributed by atoms with Crippen molar-refractivity contribution in [2.75, 3.05) is 13.2 Å². The number of unbranched alkanes of at least 4 members (excludes halogenated alkanes) is 49. The van der Waals surface area contributed by atoms with Crippen LogP contribution < -0.4 is 0 Å². The fraction of sp³-hybridized carbons (Fsp3) is 0.855. The van der Waals surface area contributed by atoms with E-state index in [4.69, 9.17) is 14.2 Å². The number of rotatable bonds is 68. The third kappa shape index (κ3) is 68.2. The van der Waals surface area contributed by atoms with Crippen LogP contribution in [-0.2, 0) is 28.6 Å². The van der Waals surface area contributed by atoms with Gasteiger partial charge in [-0.05, 0) is 83.5 Å². The van der Waals surface area contributed by atoms with Gasteiger partial charge in [0.2, 0.25) is 0 Å². The quantitative estimate of drug-likeness (QED) is 0.0261. The zero-order chi connectivity index (χ0) is 59.2. The molecule has 0 rings (SSSR count). The highest BCUT2D eigenvalue weighted by molar-refractivity contribution is 5.71. The highest BCUT2D eigenvalue weighted by atomic mass is 16.6. The van der Waals surface area contributed by atoms with Gasteiger partial charge < -0.3 is 14.2 Å². The van der Waals surface area contributed by atoms with Crippen molar-refractivity contribution < 1.29 is 28.6 Å². The summed E-state index contributed by atoms with van der Waals surface area (Å²) in [4.78, 5) is 38.4. The number of esters is 3. The smallest absolute Gasteiger partial charge is 0.306 e. The molecule has 6 heteroatoms. The average Bonchev–Trinajstić information content (AvgIpc) is 3.47. The van der Waals surface area contributed by atoms with Crippen molar-refractivity contribution in [2.45, 2.75) is 406 Å². The van der Waals surface area contributed by atoms with Gasteiger partial charge in [0.1, 0.15) is 13.2 Å². The first kappa shape index (κ1) is 79.4. The Bertz CT molecular complexity index is 1410. The molecule has 0 heterocycles. The first-order valence-electron chi connectivity index (χ1n) is 36.6. The molecule has 480 valence electrons. The van der Waals surface area contributed by atoms with Crippen molar-refractivity contribution in [1.82, 2.24) is 0 Å². The molecule has 0 aromatic heterocycles. The molecule has 0 aromatic carbocycles. The predicted molar refractivity (Wildman–Crippen MR) is 358 cm³/mol. The maximum atomic E-state index is 13.0. The summed E-state index contributed by atoms with van der Waals surface area (Å²) in [7, 11) is 0. The lowest BCUT2D eigenvalue weighted by Crippen LogP contribution is -2.30. The lowest BCUT2D eigenvalue weighted by Gasteiger charge is -2.18. The van der Waals surface area contributed by atoms with E-state index in [1.54, 1.807) is 0 Å². The molecular formula is C76H140O6. The van der Waals surface area contributed by atoms with Gasteiger partial charge in [0.05, 0.1) is 0 Å². The largest absolute Gasteiger partial charge is 0.462 e. The molecule has 0 aliphatic carbocycles. The van der Waals surface area contributed by atoms with E-state index in [2.05, 4.69) is 69.4 Å². The Morgan fingerprint density at radius 2 is 0.439 bits per heavy atom. The van der Waals surface area contributed by atoms with E-state index in [0.717, 1.165) is 77.0 Å². The van der Waals surface area contributed by atoms with Gasteiger partial charge in [-0.25, -0.2) is 0 Å². The Balaban J connectivity index is 4.18. The summed E-state index contributed by atoms with van der Waals surface area (Å²) in [5.41, 5.74) is 0. The van der Waals surface area contributed by atoms with Crippen LogP contribution >= 0.6 is 0 Å². The topological polar surface area (TPSA) is 78.9 Å². The van der Waals surface area contributed by atoms with E-state index in [9.17, 15) is 14.4 Å². The van der Waals surface area contributed by atoms with Crippen molar-refractivity contribution in [3.63, 3.8) is 0 Å². The minimum absolute atomic E-state index is 0.0703. The number of hydrogen-bond donors (Lipinski definition) is 0. The van der Waals surface area contributed by atoms with Gasteiger partial charge in [-0.2, -0.15) is 0 Å². The van der Waals surface area contributed by atoms with Crippen molar-refractivity contribution >= 4 is 17.9 Å². The van der Waals surface area contributed by atoms with Gasteiger partial charge in [-0.3, -0.25) is 14.4 Å². The zero-order valence-electron chi connectivity index (χ0n) is 55.3. The average molecular weight is 1150 g/mol. The summed E-state index contributed by atoms with van der Waals surface area (Å²) in [6.45, 7) is 6.68. The normalized spacial score (nSPS) is 12.3. The van der Waals surface area contributed by atoms with Gasteiger partial charge in [-0.15, -0.1) is 0 Å². The first-order valence-corrected chi connectivity index (χ1v) is 36.6. The Morgan fingerprint density at radius 3 is 0.707 bits per heavy atom. The van der Waals surface area contributed by atoms with Crippen LogP contribution in [0.4, 0.5) is 0 Å². The summed E-state index contributed by atoms with van der Waals surface area (Å²) in [5.74, 6) is -0.851. The van der Waals surface area contributed by atoms with E-state index in [1.165, 1.54) is 283 Å². The number of allylic oxidation sites excluding steroid dienone is 8. The molecule has 0 amide bonds. The first-order chi connectivity index (χ1) is 40.5. The van der Waals surface area contributed by atoms with Gasteiger partial charge in [0.25, 0.3) is 0 Å². The van der Waals surface area contributed by atoms with Crippen LogP contribution in [0, 0.1) is 0 Å². The Morgan fingerprint density at radius 1 is 0.244 bits per heavy atom. The second-order valence-electron chi connectivity index (χ2n) is 24.9. The number of carbonyl (C=O) groups is 3. The van der Waals surface area contributed by atoms with E-state index < -0.39 is 6.10 Å². The van der Waals surface area contributed by atoms with Crippen LogP contribution in [0.25, 0.3) is 0 Å². The third-order valence-electron chi connectivity index (χ3n) is 16.6. The van der Waals surface area contributed by atoms with Crippen LogP contribution in [0.15, 0.2) is 48.6 Å². The molecule has 0 radical (unpaired) electrons. The van der Waals surface area contributed by atoms with Crippen molar-refractivity contribution in [3.8, 4) is 0 Å². The van der Waals surface area contributed by atoms with E-state index in [-0.39, 0.29) is 31.1 Å². The van der Waals surface area contributed by atoms with Gasteiger partial charge in [0.15, 0.2) is 6.10 Å². The second kappa shape index (κ2) is 70.9. The SMILES string of the molecule is CCCCCC/C=C\CCCCCCCC(=O)OCC(COC(=O)CCCCCCCCCCCCCCCCCC/C=C\C/C=C\C/C=C\CCCCCCC)OC(=O)CCCCCCCCCCCCCCCCCCCCCC. The molecular weight excluding hydrogens is 1010 g/mol. The number of ether oxygens (including phenoxy) is 3. The van der Waals surface area contributed by atoms with Crippen LogP contribution in [0.2, 0.25) is 0 Å². The summed E-state index contributed by atoms with van der Waals surface area (Å²) >= 11 is 0. The maximum Gasteiger partial charge on any atom is 0.306 e. The highest BCUT2D eigenvalue weighted by Gasteiger charge is 2.19. The summed E-state index contributed by atoms with van der Waals surface area (Å²) in [6.07, 6.45) is 90.1. The standard InChI is InChI=1S/C76H140O6/c1-4-7-10-13-16-19-22-25-27-29-31-33-34-35-36-37-38-39-40-41-42-43-45-46-48-51-54-57-60-63-66-69-75(78)81-72-73(71-80-74(77)68-65-62-59-56-53-50-24-21-18-15-12-9-6-3)82-76(79)70-67-64-61-58-55-52-49-47-44-32-30-28-26-23-20-17-14-11-8-5-2/h21-22,24-25,29,31,34-35,73H,4-20,23,26-28,30,32-33,36-72H2,1-3H3/b24-21-,25-22-,31-29-,35-34-. The molecule has 0 aromatic rings. The molecule has 82 heavy (non-hydrogen) atoms. The van der Waals surface area contributed by atoms with Crippen LogP contribution in [0.3, 0.4) is 0 Å². The van der Waals surface area contributed by atoms with Crippen LogP contribution in [0.5, 0.6) is 0 Å². The minimum Gasteiger partial charge on any atom is -0.462 e. The highest BCUT2D eigenvalue weighted by Crippen LogP contribution is 2.19. The molecule has 0 aliphatic heterocycles. The van der Waals surface area contributed by atoms with Gasteiger partial charge in [0, 0.05) is 19.3 Å². The van der Waals surface area contributed by atoms with Gasteiger partial charge >= 0.3 is 17.9 Å². The molecule has 0 N–H and O–H groups in total. The molecule has 6 nitrogen and oxygen atoms in total. The third-order valence-corrected chi connectivity index (χ3v) is 16.6.